The third-order valence-electron chi connectivity index (χ3n) is 6.84. The minimum Gasteiger partial charge on any atom is -0.334 e. The Bertz CT molecular complexity index is 835. The fourth-order valence-electron chi connectivity index (χ4n) is 5.30. The summed E-state index contributed by atoms with van der Waals surface area (Å²) < 4.78 is 26.5. The van der Waals surface area contributed by atoms with Gasteiger partial charge in [0.25, 0.3) is 0 Å². The van der Waals surface area contributed by atoms with Crippen LogP contribution in [-0.2, 0) is 14.6 Å². The molecule has 2 saturated heterocycles. The topological polar surface area (TPSA) is 66.5 Å². The van der Waals surface area contributed by atoms with Crippen molar-refractivity contribution in [2.45, 2.75) is 80.5 Å². The molecule has 1 aromatic rings. The van der Waals surface area contributed by atoms with E-state index in [1.807, 2.05) is 30.9 Å². The molecule has 2 atom stereocenters. The SMILES string of the molecule is Cc1ccc(C)c(S(=O)(=O)C2(C(=O)N3C4CCNCC3CC4)CCCC2)c1.Cl. The molecule has 0 aromatic heterocycles. The number of carbonyl (C=O) groups is 1. The Morgan fingerprint density at radius 3 is 2.50 bits per heavy atom. The first-order valence-electron chi connectivity index (χ1n) is 10.2. The average molecular weight is 427 g/mol. The quantitative estimate of drug-likeness (QED) is 0.806. The molecule has 156 valence electrons. The molecule has 2 aliphatic heterocycles. The number of carbonyl (C=O) groups excluding carboxylic acids is 1. The van der Waals surface area contributed by atoms with Crippen molar-refractivity contribution in [1.82, 2.24) is 10.2 Å². The van der Waals surface area contributed by atoms with Crippen LogP contribution in [-0.4, -0.2) is 49.1 Å². The van der Waals surface area contributed by atoms with Gasteiger partial charge in [-0.05, 0) is 69.7 Å². The molecular weight excluding hydrogens is 396 g/mol. The molecule has 1 saturated carbocycles. The van der Waals surface area contributed by atoms with Crippen molar-refractivity contribution in [2.75, 3.05) is 13.1 Å². The van der Waals surface area contributed by atoms with Gasteiger partial charge in [0.15, 0.2) is 14.6 Å². The number of hydrogen-bond acceptors (Lipinski definition) is 4. The first-order valence-corrected chi connectivity index (χ1v) is 11.7. The summed E-state index contributed by atoms with van der Waals surface area (Å²) in [5.74, 6) is -0.128. The van der Waals surface area contributed by atoms with Crippen molar-refractivity contribution >= 4 is 28.2 Å². The van der Waals surface area contributed by atoms with E-state index in [9.17, 15) is 13.2 Å². The van der Waals surface area contributed by atoms with Gasteiger partial charge in [0.05, 0.1) is 4.90 Å². The van der Waals surface area contributed by atoms with E-state index < -0.39 is 14.6 Å². The lowest BCUT2D eigenvalue weighted by Gasteiger charge is -2.37. The summed E-state index contributed by atoms with van der Waals surface area (Å²) in [6, 6.07) is 5.85. The smallest absolute Gasteiger partial charge is 0.244 e. The summed E-state index contributed by atoms with van der Waals surface area (Å²) in [4.78, 5) is 16.2. The van der Waals surface area contributed by atoms with E-state index in [4.69, 9.17) is 0 Å². The summed E-state index contributed by atoms with van der Waals surface area (Å²) in [6.07, 6.45) is 5.40. The second kappa shape index (κ2) is 7.96. The normalized spacial score (nSPS) is 26.6. The number of sulfone groups is 1. The van der Waals surface area contributed by atoms with Crippen LogP contribution < -0.4 is 5.32 Å². The summed E-state index contributed by atoms with van der Waals surface area (Å²) in [5, 5.41) is 3.41. The number of nitrogens with zero attached hydrogens (tertiary/aromatic N) is 1. The third-order valence-corrected chi connectivity index (χ3v) is 9.47. The zero-order valence-corrected chi connectivity index (χ0v) is 18.4. The Labute approximate surface area is 174 Å². The van der Waals surface area contributed by atoms with Crippen LogP contribution in [0.15, 0.2) is 23.1 Å². The Kier molecular flexibility index (Phi) is 6.14. The maximum absolute atomic E-state index is 13.9. The molecule has 2 heterocycles. The van der Waals surface area contributed by atoms with Gasteiger partial charge in [-0.3, -0.25) is 4.79 Å². The van der Waals surface area contributed by atoms with Crippen molar-refractivity contribution in [1.29, 1.82) is 0 Å². The molecule has 1 N–H and O–H groups in total. The number of halogens is 1. The first kappa shape index (κ1) is 21.6. The van der Waals surface area contributed by atoms with Crippen LogP contribution in [0.25, 0.3) is 0 Å². The van der Waals surface area contributed by atoms with Gasteiger partial charge in [-0.1, -0.05) is 25.0 Å². The zero-order valence-electron chi connectivity index (χ0n) is 16.7. The molecule has 3 fully saturated rings. The zero-order chi connectivity index (χ0) is 19.2. The Balaban J connectivity index is 0.00000225. The summed E-state index contributed by atoms with van der Waals surface area (Å²) >= 11 is 0. The number of rotatable bonds is 3. The number of fused-ring (bicyclic) bond motifs is 2. The van der Waals surface area contributed by atoms with E-state index in [2.05, 4.69) is 5.32 Å². The molecule has 1 amide bonds. The lowest BCUT2D eigenvalue weighted by atomic mass is 10.0. The van der Waals surface area contributed by atoms with Crippen LogP contribution in [0, 0.1) is 13.8 Å². The van der Waals surface area contributed by atoms with Gasteiger partial charge in [-0.2, -0.15) is 0 Å². The van der Waals surface area contributed by atoms with E-state index in [0.29, 0.717) is 17.7 Å². The number of nitrogens with one attached hydrogen (secondary N) is 1. The molecule has 2 unspecified atom stereocenters. The number of aryl methyl sites for hydroxylation is 2. The Morgan fingerprint density at radius 1 is 1.11 bits per heavy atom. The molecule has 3 aliphatic rings. The monoisotopic (exact) mass is 426 g/mol. The molecule has 7 heteroatoms. The van der Waals surface area contributed by atoms with Crippen molar-refractivity contribution in [3.63, 3.8) is 0 Å². The van der Waals surface area contributed by atoms with E-state index in [1.165, 1.54) is 0 Å². The molecule has 5 nitrogen and oxygen atoms in total. The van der Waals surface area contributed by atoms with E-state index in [-0.39, 0.29) is 30.4 Å². The highest BCUT2D eigenvalue weighted by Gasteiger charge is 2.57. The largest absolute Gasteiger partial charge is 0.334 e. The van der Waals surface area contributed by atoms with Crippen molar-refractivity contribution in [2.24, 2.45) is 0 Å². The van der Waals surface area contributed by atoms with Gasteiger partial charge in [0.2, 0.25) is 5.91 Å². The van der Waals surface area contributed by atoms with Gasteiger partial charge in [0.1, 0.15) is 0 Å². The van der Waals surface area contributed by atoms with Crippen molar-refractivity contribution in [3.8, 4) is 0 Å². The maximum atomic E-state index is 13.9. The van der Waals surface area contributed by atoms with Crippen LogP contribution in [0.5, 0.6) is 0 Å². The molecule has 1 aliphatic carbocycles. The van der Waals surface area contributed by atoms with Crippen molar-refractivity contribution < 1.29 is 13.2 Å². The highest BCUT2D eigenvalue weighted by Crippen LogP contribution is 2.45. The molecule has 0 spiro atoms. The second-order valence-electron chi connectivity index (χ2n) is 8.56. The van der Waals surface area contributed by atoms with Gasteiger partial charge in [-0.15, -0.1) is 12.4 Å². The van der Waals surface area contributed by atoms with Gasteiger partial charge in [-0.25, -0.2) is 8.42 Å². The number of amides is 1. The predicted molar refractivity (Wildman–Crippen MR) is 113 cm³/mol. The fraction of sp³-hybridized carbons (Fsp3) is 0.667. The fourth-order valence-corrected chi connectivity index (χ4v) is 7.72. The number of hydrogen-bond donors (Lipinski definition) is 1. The van der Waals surface area contributed by atoms with E-state index in [0.717, 1.165) is 56.3 Å². The van der Waals surface area contributed by atoms with E-state index in [1.54, 1.807) is 6.07 Å². The molecular formula is C21H31ClN2O3S. The summed E-state index contributed by atoms with van der Waals surface area (Å²) in [5.41, 5.74) is 1.65. The molecule has 28 heavy (non-hydrogen) atoms. The van der Waals surface area contributed by atoms with Crippen LogP contribution in [0.2, 0.25) is 0 Å². The lowest BCUT2D eigenvalue weighted by molar-refractivity contribution is -0.136. The minimum atomic E-state index is -3.74. The molecule has 4 rings (SSSR count). The Morgan fingerprint density at radius 2 is 1.79 bits per heavy atom. The average Bonchev–Trinajstić information content (AvgIpc) is 3.21. The van der Waals surface area contributed by atoms with Gasteiger partial charge >= 0.3 is 0 Å². The van der Waals surface area contributed by atoms with Crippen molar-refractivity contribution in [3.05, 3.63) is 29.3 Å². The Hall–Kier alpha value is -1.11. The summed E-state index contributed by atoms with van der Waals surface area (Å²) in [7, 11) is -3.74. The van der Waals surface area contributed by atoms with Crippen LogP contribution >= 0.6 is 12.4 Å². The van der Waals surface area contributed by atoms with E-state index >= 15 is 0 Å². The predicted octanol–water partition coefficient (Wildman–Crippen LogP) is 3.16. The van der Waals surface area contributed by atoms with Crippen LogP contribution in [0.4, 0.5) is 0 Å². The van der Waals surface area contributed by atoms with Gasteiger partial charge < -0.3 is 10.2 Å². The molecule has 0 radical (unpaired) electrons. The highest BCUT2D eigenvalue weighted by molar-refractivity contribution is 7.93. The lowest BCUT2D eigenvalue weighted by Crippen LogP contribution is -2.56. The van der Waals surface area contributed by atoms with Gasteiger partial charge in [0, 0.05) is 18.6 Å². The highest BCUT2D eigenvalue weighted by atomic mass is 35.5. The molecule has 1 aromatic carbocycles. The third kappa shape index (κ3) is 3.27. The van der Waals surface area contributed by atoms with Crippen LogP contribution in [0.3, 0.4) is 0 Å². The standard InChI is InChI=1S/C21H30N2O3S.ClH/c1-15-5-6-16(2)19(13-15)27(25,26)21(10-3-4-11-21)20(24)23-17-7-8-18(23)14-22-12-9-17;/h5-6,13,17-18,22H,3-4,7-12,14H2,1-2H3;1H. The maximum Gasteiger partial charge on any atom is 0.244 e. The summed E-state index contributed by atoms with van der Waals surface area (Å²) in [6.45, 7) is 5.42. The van der Waals surface area contributed by atoms with Crippen LogP contribution in [0.1, 0.15) is 56.1 Å². The first-order chi connectivity index (χ1) is 12.9. The second-order valence-corrected chi connectivity index (χ2v) is 10.8. The number of benzene rings is 1. The molecule has 2 bridgehead atoms. The minimum absolute atomic E-state index is 0.